The third-order valence-corrected chi connectivity index (χ3v) is 7.81. The molecule has 5 nitrogen and oxygen atoms in total. The van der Waals surface area contributed by atoms with E-state index in [0.29, 0.717) is 12.3 Å². The molecule has 0 saturated heterocycles. The molecular formula is C24H32AcO5S. The molecule has 167 valence electrons. The Morgan fingerprint density at radius 3 is 2.84 bits per heavy atom. The SMILES string of the molecule is COC(=O)CSc1cccc2c1O[C@H]1C[C@@H](O)[C@H](/C=C/C(O)CC3CCCCC3)[C@@H]21.[Ac]. The summed E-state index contributed by atoms with van der Waals surface area (Å²) in [5.74, 6) is 1.42. The fourth-order valence-electron chi connectivity index (χ4n) is 5.29. The second-order valence-corrected chi connectivity index (χ2v) is 9.81. The fourth-order valence-corrected chi connectivity index (χ4v) is 6.15. The zero-order chi connectivity index (χ0) is 21.1. The zero-order valence-corrected chi connectivity index (χ0v) is 23.7. The number of carbonyl (C=O) groups is 1. The number of para-hydroxylation sites is 1. The summed E-state index contributed by atoms with van der Waals surface area (Å²) in [5, 5.41) is 21.2. The van der Waals surface area contributed by atoms with E-state index in [1.54, 1.807) is 0 Å². The predicted octanol–water partition coefficient (Wildman–Crippen LogP) is 4.06. The number of thioether (sulfide) groups is 1. The molecule has 1 aromatic rings. The Kier molecular flexibility index (Phi) is 9.80. The molecule has 0 amide bonds. The van der Waals surface area contributed by atoms with Crippen molar-refractivity contribution in [1.82, 2.24) is 0 Å². The van der Waals surface area contributed by atoms with Crippen molar-refractivity contribution in [3.8, 4) is 5.75 Å². The number of aliphatic hydroxyl groups excluding tert-OH is 2. The van der Waals surface area contributed by atoms with Gasteiger partial charge in [-0.05, 0) is 18.4 Å². The largest absolute Gasteiger partial charge is 0.488 e. The monoisotopic (exact) mass is 659 g/mol. The predicted molar refractivity (Wildman–Crippen MR) is 117 cm³/mol. The van der Waals surface area contributed by atoms with Crippen molar-refractivity contribution >= 4 is 17.7 Å². The maximum Gasteiger partial charge on any atom is 0.315 e. The number of carbonyl (C=O) groups excluding carboxylic acids is 1. The van der Waals surface area contributed by atoms with Crippen molar-refractivity contribution in [2.24, 2.45) is 11.8 Å². The van der Waals surface area contributed by atoms with E-state index < -0.39 is 12.2 Å². The van der Waals surface area contributed by atoms with Crippen LogP contribution in [0.3, 0.4) is 0 Å². The summed E-state index contributed by atoms with van der Waals surface area (Å²) >= 11 is 1.42. The first kappa shape index (κ1) is 25.6. The van der Waals surface area contributed by atoms with E-state index >= 15 is 0 Å². The van der Waals surface area contributed by atoms with E-state index in [0.717, 1.165) is 22.6 Å². The smallest absolute Gasteiger partial charge is 0.315 e. The number of ether oxygens (including phenoxy) is 2. The van der Waals surface area contributed by atoms with Gasteiger partial charge in [0.15, 0.2) is 0 Å². The maximum absolute atomic E-state index is 11.5. The minimum atomic E-state index is -0.474. The Bertz CT molecular complexity index is 779. The van der Waals surface area contributed by atoms with Crippen molar-refractivity contribution in [1.29, 1.82) is 0 Å². The average molecular weight is 660 g/mol. The van der Waals surface area contributed by atoms with E-state index in [4.69, 9.17) is 9.47 Å². The van der Waals surface area contributed by atoms with Crippen LogP contribution in [0.25, 0.3) is 0 Å². The molecule has 2 fully saturated rings. The number of fused-ring (bicyclic) bond motifs is 3. The molecule has 2 aliphatic carbocycles. The molecule has 7 heteroatoms. The minimum Gasteiger partial charge on any atom is -0.488 e. The number of esters is 1. The van der Waals surface area contributed by atoms with Gasteiger partial charge in [0.25, 0.3) is 0 Å². The Labute approximate surface area is 224 Å². The molecule has 2 saturated carbocycles. The van der Waals surface area contributed by atoms with Crippen LogP contribution in [-0.2, 0) is 9.53 Å². The first-order valence-electron chi connectivity index (χ1n) is 11.1. The molecule has 0 bridgehead atoms. The van der Waals surface area contributed by atoms with Crippen molar-refractivity contribution in [3.63, 3.8) is 0 Å². The van der Waals surface area contributed by atoms with Crippen LogP contribution in [0.5, 0.6) is 5.75 Å². The molecule has 1 heterocycles. The third-order valence-electron chi connectivity index (χ3n) is 6.80. The molecular weight excluding hydrogens is 627 g/mol. The normalized spacial score (nSPS) is 28.5. The number of aliphatic hydroxyl groups is 2. The maximum atomic E-state index is 11.5. The first-order valence-corrected chi connectivity index (χ1v) is 12.1. The zero-order valence-electron chi connectivity index (χ0n) is 18.1. The van der Waals surface area contributed by atoms with Crippen LogP contribution < -0.4 is 4.74 Å². The molecule has 1 aliphatic heterocycles. The van der Waals surface area contributed by atoms with Gasteiger partial charge in [-0.25, -0.2) is 0 Å². The van der Waals surface area contributed by atoms with Gasteiger partial charge >= 0.3 is 5.97 Å². The van der Waals surface area contributed by atoms with Crippen molar-refractivity contribution in [3.05, 3.63) is 35.9 Å². The molecule has 2 N–H and O–H groups in total. The average Bonchev–Trinajstić information content (AvgIpc) is 3.26. The molecule has 31 heavy (non-hydrogen) atoms. The van der Waals surface area contributed by atoms with Gasteiger partial charge in [-0.3, -0.25) is 4.79 Å². The molecule has 0 spiro atoms. The summed E-state index contributed by atoms with van der Waals surface area (Å²) < 4.78 is 11.0. The van der Waals surface area contributed by atoms with Crippen LogP contribution in [0.1, 0.15) is 56.4 Å². The standard InChI is InChI=1S/C24H32O5S.Ac/c1-28-22(27)14-30-21-9-5-8-18-23-17(19(26)13-20(23)29-24(18)21)11-10-16(25)12-15-6-3-2-4-7-15;/h5,8-11,15-17,19-20,23,25-26H,2-4,6-7,12-14H2,1H3;/b11-10+;/t16?,17-,19+,20-,23-;/m0./s1. The van der Waals surface area contributed by atoms with Gasteiger partial charge in [0.05, 0.1) is 30.0 Å². The number of benzene rings is 1. The van der Waals surface area contributed by atoms with E-state index in [1.807, 2.05) is 24.3 Å². The third kappa shape index (κ3) is 6.09. The van der Waals surface area contributed by atoms with Crippen LogP contribution in [0.4, 0.5) is 0 Å². The molecule has 0 aromatic heterocycles. The topological polar surface area (TPSA) is 76.0 Å². The van der Waals surface area contributed by atoms with Crippen LogP contribution in [0.2, 0.25) is 0 Å². The summed E-state index contributed by atoms with van der Waals surface area (Å²) in [7, 11) is 1.39. The Hall–Kier alpha value is -0.0584. The summed E-state index contributed by atoms with van der Waals surface area (Å²) in [6.07, 6.45) is 10.6. The molecule has 4 rings (SSSR count). The minimum absolute atomic E-state index is 0. The number of methoxy groups -OCH3 is 1. The summed E-state index contributed by atoms with van der Waals surface area (Å²) in [6.45, 7) is 0. The molecule has 1 radical (unpaired) electrons. The van der Waals surface area contributed by atoms with Crippen LogP contribution in [0.15, 0.2) is 35.2 Å². The van der Waals surface area contributed by atoms with Gasteiger partial charge in [-0.2, -0.15) is 0 Å². The Balaban J connectivity index is 0.00000272. The van der Waals surface area contributed by atoms with Gasteiger partial charge in [-0.1, -0.05) is 56.4 Å². The number of hydrogen-bond acceptors (Lipinski definition) is 6. The summed E-state index contributed by atoms with van der Waals surface area (Å²) in [5.41, 5.74) is 1.09. The van der Waals surface area contributed by atoms with Crippen molar-refractivity contribution in [2.45, 2.75) is 74.1 Å². The van der Waals surface area contributed by atoms with E-state index in [-0.39, 0.29) is 73.7 Å². The number of rotatable bonds is 7. The van der Waals surface area contributed by atoms with Gasteiger partial charge in [0.2, 0.25) is 0 Å². The van der Waals surface area contributed by atoms with Crippen molar-refractivity contribution in [2.75, 3.05) is 12.9 Å². The Morgan fingerprint density at radius 1 is 1.32 bits per heavy atom. The van der Waals surface area contributed by atoms with Crippen molar-refractivity contribution < 1.29 is 68.5 Å². The molecule has 3 aliphatic rings. The summed E-state index contributed by atoms with van der Waals surface area (Å²) in [6, 6.07) is 6.00. The number of hydrogen-bond donors (Lipinski definition) is 2. The van der Waals surface area contributed by atoms with Gasteiger partial charge in [-0.15, -0.1) is 11.8 Å². The van der Waals surface area contributed by atoms with Crippen LogP contribution in [-0.4, -0.2) is 47.4 Å². The molecule has 1 aromatic carbocycles. The quantitative estimate of drug-likeness (QED) is 0.262. The van der Waals surface area contributed by atoms with E-state index in [1.165, 1.54) is 51.0 Å². The Morgan fingerprint density at radius 2 is 2.10 bits per heavy atom. The first-order chi connectivity index (χ1) is 14.6. The van der Waals surface area contributed by atoms with E-state index in [2.05, 4.69) is 6.07 Å². The van der Waals surface area contributed by atoms with Gasteiger partial charge in [0, 0.05) is 67.9 Å². The molecule has 5 atom stereocenters. The van der Waals surface area contributed by atoms with Crippen LogP contribution in [0, 0.1) is 55.9 Å². The molecule has 1 unspecified atom stereocenters. The van der Waals surface area contributed by atoms with E-state index in [9.17, 15) is 15.0 Å². The van der Waals surface area contributed by atoms with Gasteiger partial charge in [0.1, 0.15) is 11.9 Å². The fraction of sp³-hybridized carbons (Fsp3) is 0.625. The van der Waals surface area contributed by atoms with Gasteiger partial charge < -0.3 is 19.7 Å². The second-order valence-electron chi connectivity index (χ2n) is 8.79. The second kappa shape index (κ2) is 11.9. The van der Waals surface area contributed by atoms with Crippen LogP contribution >= 0.6 is 11.8 Å². The summed E-state index contributed by atoms with van der Waals surface area (Å²) in [4.78, 5) is 12.5.